The first-order valence-corrected chi connectivity index (χ1v) is 13.0. The Balaban J connectivity index is 1.72. The fourth-order valence-electron chi connectivity index (χ4n) is 4.30. The Labute approximate surface area is 234 Å². The van der Waals surface area contributed by atoms with Gasteiger partial charge in [-0.3, -0.25) is 14.5 Å². The van der Waals surface area contributed by atoms with Crippen molar-refractivity contribution in [2.45, 2.75) is 19.9 Å². The van der Waals surface area contributed by atoms with Crippen LogP contribution in [-0.2, 0) is 23.9 Å². The number of amidine groups is 1. The van der Waals surface area contributed by atoms with Gasteiger partial charge in [0.05, 0.1) is 49.7 Å². The van der Waals surface area contributed by atoms with Gasteiger partial charge in [-0.2, -0.15) is 0 Å². The number of carbonyl (C=O) groups excluding carboxylic acids is 4. The number of fused-ring (bicyclic) bond motifs is 1. The number of para-hydroxylation sites is 1. The number of amides is 2. The van der Waals surface area contributed by atoms with E-state index < -0.39 is 29.8 Å². The van der Waals surface area contributed by atoms with Gasteiger partial charge in [0, 0.05) is 17.3 Å². The maximum Gasteiger partial charge on any atom is 0.338 e. The van der Waals surface area contributed by atoms with Gasteiger partial charge in [-0.05, 0) is 55.9 Å². The largest absolute Gasteiger partial charge is 0.493 e. The van der Waals surface area contributed by atoms with E-state index in [1.807, 2.05) is 0 Å². The van der Waals surface area contributed by atoms with Gasteiger partial charge in [-0.1, -0.05) is 12.1 Å². The van der Waals surface area contributed by atoms with Crippen LogP contribution in [-0.4, -0.2) is 61.8 Å². The third kappa shape index (κ3) is 5.43. The standard InChI is InChI=1S/C28H27N3O8S/c1-6-39-27(35)22-15(2)29-28-31(23(22)18-8-7-9-19(36-3)24(18)37-4)21(32)14-20(40-28)25(33)30-17-12-10-16(11-13-17)26(34)38-5/h7-14,23H,6H2,1-5H3,(H,30,33)/t23-/m1/s1. The predicted octanol–water partition coefficient (Wildman–Crippen LogP) is 3.84. The van der Waals surface area contributed by atoms with Crippen LogP contribution in [0.25, 0.3) is 0 Å². The minimum atomic E-state index is -0.955. The molecule has 2 amide bonds. The molecule has 2 aliphatic heterocycles. The number of thioether (sulfide) groups is 1. The normalized spacial score (nSPS) is 16.4. The Kier molecular flexibility index (Phi) is 8.58. The molecule has 2 heterocycles. The summed E-state index contributed by atoms with van der Waals surface area (Å²) in [5.74, 6) is -1.48. The average Bonchev–Trinajstić information content (AvgIpc) is 2.95. The van der Waals surface area contributed by atoms with Crippen LogP contribution in [0, 0.1) is 0 Å². The number of carbonyl (C=O) groups is 4. The van der Waals surface area contributed by atoms with Gasteiger partial charge in [0.1, 0.15) is 6.04 Å². The second-order valence-corrected chi connectivity index (χ2v) is 9.45. The van der Waals surface area contributed by atoms with Gasteiger partial charge in [-0.15, -0.1) is 0 Å². The molecule has 208 valence electrons. The van der Waals surface area contributed by atoms with Gasteiger partial charge in [0.25, 0.3) is 11.8 Å². The van der Waals surface area contributed by atoms with Crippen molar-refractivity contribution in [1.82, 2.24) is 4.90 Å². The first kappa shape index (κ1) is 28.4. The number of rotatable bonds is 8. The van der Waals surface area contributed by atoms with E-state index in [0.29, 0.717) is 34.0 Å². The smallest absolute Gasteiger partial charge is 0.338 e. The van der Waals surface area contributed by atoms with E-state index in [4.69, 9.17) is 14.2 Å². The second-order valence-electron chi connectivity index (χ2n) is 8.44. The van der Waals surface area contributed by atoms with Crippen LogP contribution in [0.2, 0.25) is 0 Å². The molecule has 0 saturated carbocycles. The molecule has 12 heteroatoms. The number of esters is 2. The number of benzene rings is 2. The van der Waals surface area contributed by atoms with Crippen molar-refractivity contribution in [1.29, 1.82) is 0 Å². The van der Waals surface area contributed by atoms with Crippen LogP contribution in [0.15, 0.2) is 69.7 Å². The second kappa shape index (κ2) is 12.1. The molecule has 2 aromatic carbocycles. The average molecular weight is 566 g/mol. The zero-order valence-electron chi connectivity index (χ0n) is 22.5. The number of methoxy groups -OCH3 is 3. The fourth-order valence-corrected chi connectivity index (χ4v) is 5.28. The van der Waals surface area contributed by atoms with Crippen molar-refractivity contribution < 1.29 is 38.1 Å². The minimum absolute atomic E-state index is 0.0980. The number of nitrogens with zero attached hydrogens (tertiary/aromatic N) is 2. The van der Waals surface area contributed by atoms with Crippen molar-refractivity contribution >= 4 is 46.4 Å². The summed E-state index contributed by atoms with van der Waals surface area (Å²) in [5.41, 5.74) is 1.72. The molecular weight excluding hydrogens is 538 g/mol. The van der Waals surface area contributed by atoms with Crippen molar-refractivity contribution in [2.75, 3.05) is 33.3 Å². The van der Waals surface area contributed by atoms with E-state index in [9.17, 15) is 19.2 Å². The van der Waals surface area contributed by atoms with E-state index >= 15 is 0 Å². The molecule has 0 fully saturated rings. The summed E-state index contributed by atoms with van der Waals surface area (Å²) >= 11 is 0.983. The first-order valence-electron chi connectivity index (χ1n) is 12.1. The summed E-state index contributed by atoms with van der Waals surface area (Å²) in [6.07, 6.45) is 1.19. The van der Waals surface area contributed by atoms with Crippen LogP contribution in [0.3, 0.4) is 0 Å². The first-order chi connectivity index (χ1) is 19.2. The van der Waals surface area contributed by atoms with Crippen LogP contribution < -0.4 is 14.8 Å². The SMILES string of the molecule is CCOC(=O)C1=C(C)N=C2SC(C(=O)Nc3ccc(C(=O)OC)cc3)=CC(=O)N2[C@@H]1c1cccc(OC)c1OC. The third-order valence-corrected chi connectivity index (χ3v) is 7.09. The van der Waals surface area contributed by atoms with Crippen molar-refractivity contribution in [3.8, 4) is 11.5 Å². The molecule has 0 unspecified atom stereocenters. The lowest BCUT2D eigenvalue weighted by Crippen LogP contribution is -2.45. The molecule has 0 bridgehead atoms. The van der Waals surface area contributed by atoms with Crippen LogP contribution in [0.5, 0.6) is 11.5 Å². The van der Waals surface area contributed by atoms with Gasteiger partial charge in [0.15, 0.2) is 16.7 Å². The third-order valence-electron chi connectivity index (χ3n) is 6.10. The molecule has 11 nitrogen and oxygen atoms in total. The van der Waals surface area contributed by atoms with Crippen molar-refractivity contribution in [2.24, 2.45) is 4.99 Å². The monoisotopic (exact) mass is 565 g/mol. The highest BCUT2D eigenvalue weighted by molar-refractivity contribution is 8.18. The zero-order chi connectivity index (χ0) is 29.0. The predicted molar refractivity (Wildman–Crippen MR) is 148 cm³/mol. The molecule has 2 aliphatic rings. The number of aliphatic imine (C=N–C) groups is 1. The molecule has 0 radical (unpaired) electrons. The van der Waals surface area contributed by atoms with Gasteiger partial charge < -0.3 is 24.3 Å². The molecule has 1 N–H and O–H groups in total. The highest BCUT2D eigenvalue weighted by atomic mass is 32.2. The quantitative estimate of drug-likeness (QED) is 0.474. The Morgan fingerprint density at radius 2 is 1.75 bits per heavy atom. The summed E-state index contributed by atoms with van der Waals surface area (Å²) in [7, 11) is 4.23. The molecular formula is C28H27N3O8S. The molecule has 4 rings (SSSR count). The lowest BCUT2D eigenvalue weighted by molar-refractivity contribution is -0.139. The number of allylic oxidation sites excluding steroid dienone is 1. The Hall–Kier alpha value is -4.58. The zero-order valence-corrected chi connectivity index (χ0v) is 23.3. The van der Waals surface area contributed by atoms with E-state index in [1.54, 1.807) is 44.2 Å². The molecule has 2 aromatic rings. The molecule has 40 heavy (non-hydrogen) atoms. The maximum absolute atomic E-state index is 13.6. The number of hydrogen-bond donors (Lipinski definition) is 1. The number of ether oxygens (including phenoxy) is 4. The van der Waals surface area contributed by atoms with E-state index in [1.165, 1.54) is 44.4 Å². The molecule has 1 atom stereocenters. The van der Waals surface area contributed by atoms with E-state index in [-0.39, 0.29) is 22.3 Å². The maximum atomic E-state index is 13.6. The highest BCUT2D eigenvalue weighted by Crippen LogP contribution is 2.46. The summed E-state index contributed by atoms with van der Waals surface area (Å²) in [5, 5.41) is 2.92. The fraction of sp³-hybridized carbons (Fsp3) is 0.250. The Morgan fingerprint density at radius 3 is 2.38 bits per heavy atom. The summed E-state index contributed by atoms with van der Waals surface area (Å²) < 4.78 is 21.1. The van der Waals surface area contributed by atoms with Gasteiger partial charge in [0.2, 0.25) is 0 Å². The van der Waals surface area contributed by atoms with Crippen LogP contribution >= 0.6 is 11.8 Å². The Morgan fingerprint density at radius 1 is 1.02 bits per heavy atom. The lowest BCUT2D eigenvalue weighted by Gasteiger charge is -2.38. The summed E-state index contributed by atoms with van der Waals surface area (Å²) in [4.78, 5) is 57.4. The van der Waals surface area contributed by atoms with Gasteiger partial charge in [-0.25, -0.2) is 14.6 Å². The molecule has 0 spiro atoms. The highest BCUT2D eigenvalue weighted by Gasteiger charge is 2.44. The van der Waals surface area contributed by atoms with Crippen LogP contribution in [0.1, 0.15) is 35.8 Å². The van der Waals surface area contributed by atoms with Crippen molar-refractivity contribution in [3.05, 3.63) is 75.8 Å². The molecule has 0 aliphatic carbocycles. The molecule has 0 aromatic heterocycles. The van der Waals surface area contributed by atoms with E-state index in [0.717, 1.165) is 11.8 Å². The van der Waals surface area contributed by atoms with Crippen molar-refractivity contribution in [3.63, 3.8) is 0 Å². The summed E-state index contributed by atoms with van der Waals surface area (Å²) in [6, 6.07) is 10.3. The number of anilines is 1. The molecule has 0 saturated heterocycles. The number of nitrogens with one attached hydrogen (secondary N) is 1. The lowest BCUT2D eigenvalue weighted by atomic mass is 9.93. The van der Waals surface area contributed by atoms with E-state index in [2.05, 4.69) is 15.0 Å². The van der Waals surface area contributed by atoms with Gasteiger partial charge >= 0.3 is 11.9 Å². The topological polar surface area (TPSA) is 133 Å². The Bertz CT molecular complexity index is 1460. The number of hydrogen-bond acceptors (Lipinski definition) is 10. The summed E-state index contributed by atoms with van der Waals surface area (Å²) in [6.45, 7) is 3.45. The minimum Gasteiger partial charge on any atom is -0.493 e. The van der Waals surface area contributed by atoms with Crippen LogP contribution in [0.4, 0.5) is 5.69 Å².